The number of hydrogen-bond donors (Lipinski definition) is 1. The van der Waals surface area contributed by atoms with E-state index in [9.17, 15) is 4.79 Å². The van der Waals surface area contributed by atoms with E-state index in [-0.39, 0.29) is 12.1 Å². The van der Waals surface area contributed by atoms with E-state index in [0.29, 0.717) is 19.7 Å². The minimum atomic E-state index is -0.163. The molecule has 1 aliphatic rings. The van der Waals surface area contributed by atoms with Gasteiger partial charge in [0.2, 0.25) is 0 Å². The summed E-state index contributed by atoms with van der Waals surface area (Å²) in [6.45, 7) is 3.52. The zero-order valence-corrected chi connectivity index (χ0v) is 14.1. The molecule has 0 radical (unpaired) electrons. The maximum atomic E-state index is 12.2. The number of rotatable bonds is 4. The van der Waals surface area contributed by atoms with Crippen molar-refractivity contribution in [2.24, 2.45) is 0 Å². The second kappa shape index (κ2) is 6.91. The van der Waals surface area contributed by atoms with Crippen molar-refractivity contribution in [2.75, 3.05) is 20.2 Å². The molecular weight excluding hydrogens is 312 g/mol. The molecule has 2 heterocycles. The van der Waals surface area contributed by atoms with Crippen LogP contribution in [-0.4, -0.2) is 37.2 Å². The first kappa shape index (κ1) is 15.7. The van der Waals surface area contributed by atoms with Gasteiger partial charge in [-0.15, -0.1) is 11.3 Å². The van der Waals surface area contributed by atoms with Crippen molar-refractivity contribution < 1.29 is 14.3 Å². The van der Waals surface area contributed by atoms with E-state index in [1.54, 1.807) is 23.3 Å². The fourth-order valence-corrected chi connectivity index (χ4v) is 3.26. The standard InChI is InChI=1S/C17H20N2O3S/c1-12-7-8-23-16(12)9-18-17(20)19(2)10-13-11-21-14-5-3-4-6-15(14)22-13/h3-8,13H,9-11H2,1-2H3,(H,18,20)/t13-/m0/s1. The van der Waals surface area contributed by atoms with Gasteiger partial charge in [-0.3, -0.25) is 0 Å². The number of aryl methyl sites for hydroxylation is 1. The Morgan fingerprint density at radius 1 is 1.35 bits per heavy atom. The summed E-state index contributed by atoms with van der Waals surface area (Å²) in [4.78, 5) is 15.0. The average molecular weight is 332 g/mol. The first-order valence-corrected chi connectivity index (χ1v) is 8.42. The van der Waals surface area contributed by atoms with Crippen LogP contribution in [0.4, 0.5) is 4.79 Å². The van der Waals surface area contributed by atoms with Crippen LogP contribution in [0.5, 0.6) is 11.5 Å². The minimum absolute atomic E-state index is 0.111. The van der Waals surface area contributed by atoms with Crippen LogP contribution < -0.4 is 14.8 Å². The number of fused-ring (bicyclic) bond motifs is 1. The van der Waals surface area contributed by atoms with Crippen LogP contribution in [0.15, 0.2) is 35.7 Å². The van der Waals surface area contributed by atoms with E-state index in [4.69, 9.17) is 9.47 Å². The van der Waals surface area contributed by atoms with Crippen LogP contribution in [0, 0.1) is 6.92 Å². The van der Waals surface area contributed by atoms with E-state index >= 15 is 0 Å². The van der Waals surface area contributed by atoms with E-state index in [1.165, 1.54) is 10.4 Å². The number of ether oxygens (including phenoxy) is 2. The van der Waals surface area contributed by atoms with Gasteiger partial charge in [-0.1, -0.05) is 12.1 Å². The number of nitrogens with one attached hydrogen (secondary N) is 1. The Labute approximate surface area is 139 Å². The normalized spacial score (nSPS) is 16.0. The molecule has 2 amide bonds. The number of hydrogen-bond acceptors (Lipinski definition) is 4. The number of benzene rings is 1. The van der Waals surface area contributed by atoms with Crippen molar-refractivity contribution in [1.29, 1.82) is 0 Å². The van der Waals surface area contributed by atoms with Crippen molar-refractivity contribution in [3.8, 4) is 11.5 Å². The zero-order chi connectivity index (χ0) is 16.2. The number of likely N-dealkylation sites (N-methyl/N-ethyl adjacent to an activating group) is 1. The van der Waals surface area contributed by atoms with Crippen LogP contribution in [0.3, 0.4) is 0 Å². The van der Waals surface area contributed by atoms with Crippen molar-refractivity contribution in [2.45, 2.75) is 19.6 Å². The maximum Gasteiger partial charge on any atom is 0.317 e. The molecule has 3 rings (SSSR count). The molecule has 0 bridgehead atoms. The second-order valence-electron chi connectivity index (χ2n) is 5.56. The van der Waals surface area contributed by atoms with Gasteiger partial charge in [0, 0.05) is 11.9 Å². The molecule has 0 unspecified atom stereocenters. The Hall–Kier alpha value is -2.21. The molecule has 1 atom stereocenters. The number of carbonyl (C=O) groups is 1. The lowest BCUT2D eigenvalue weighted by Crippen LogP contribution is -2.45. The Bertz CT molecular complexity index is 686. The number of thiophene rings is 1. The van der Waals surface area contributed by atoms with Gasteiger partial charge in [-0.2, -0.15) is 0 Å². The highest BCUT2D eigenvalue weighted by atomic mass is 32.1. The van der Waals surface area contributed by atoms with Gasteiger partial charge in [-0.25, -0.2) is 4.79 Å². The average Bonchev–Trinajstić information content (AvgIpc) is 2.97. The number of urea groups is 1. The molecule has 6 heteroatoms. The molecule has 122 valence electrons. The van der Waals surface area contributed by atoms with Crippen LogP contribution in [0.1, 0.15) is 10.4 Å². The van der Waals surface area contributed by atoms with Crippen molar-refractivity contribution in [3.63, 3.8) is 0 Å². The summed E-state index contributed by atoms with van der Waals surface area (Å²) < 4.78 is 11.5. The van der Waals surface area contributed by atoms with E-state index in [0.717, 1.165) is 11.5 Å². The van der Waals surface area contributed by atoms with Gasteiger partial charge in [0.1, 0.15) is 6.61 Å². The van der Waals surface area contributed by atoms with Crippen molar-refractivity contribution in [1.82, 2.24) is 10.2 Å². The zero-order valence-electron chi connectivity index (χ0n) is 13.2. The summed E-state index contributed by atoms with van der Waals surface area (Å²) in [7, 11) is 1.76. The van der Waals surface area contributed by atoms with Crippen molar-refractivity contribution >= 4 is 17.4 Å². The fourth-order valence-electron chi connectivity index (χ4n) is 2.42. The SMILES string of the molecule is Cc1ccsc1CNC(=O)N(C)C[C@H]1COc2ccccc2O1. The highest BCUT2D eigenvalue weighted by molar-refractivity contribution is 7.10. The Balaban J connectivity index is 1.50. The molecule has 1 aromatic carbocycles. The molecule has 0 spiro atoms. The van der Waals surface area contributed by atoms with Gasteiger partial charge in [-0.05, 0) is 36.1 Å². The Morgan fingerprint density at radius 3 is 2.87 bits per heavy atom. The highest BCUT2D eigenvalue weighted by Gasteiger charge is 2.23. The first-order valence-electron chi connectivity index (χ1n) is 7.54. The monoisotopic (exact) mass is 332 g/mol. The molecule has 5 nitrogen and oxygen atoms in total. The predicted octanol–water partition coefficient (Wildman–Crippen LogP) is 3.04. The Morgan fingerprint density at radius 2 is 2.13 bits per heavy atom. The van der Waals surface area contributed by atoms with Gasteiger partial charge in [0.25, 0.3) is 0 Å². The lowest BCUT2D eigenvalue weighted by atomic mass is 10.2. The maximum absolute atomic E-state index is 12.2. The third-order valence-corrected chi connectivity index (χ3v) is 4.78. The van der Waals surface area contributed by atoms with Gasteiger partial charge < -0.3 is 19.7 Å². The summed E-state index contributed by atoms with van der Waals surface area (Å²) in [5.41, 5.74) is 1.21. The van der Waals surface area contributed by atoms with Crippen LogP contribution in [-0.2, 0) is 6.54 Å². The second-order valence-corrected chi connectivity index (χ2v) is 6.56. The summed E-state index contributed by atoms with van der Waals surface area (Å²) >= 11 is 1.65. The molecule has 23 heavy (non-hydrogen) atoms. The number of para-hydroxylation sites is 2. The molecule has 0 saturated heterocycles. The van der Waals surface area contributed by atoms with Crippen molar-refractivity contribution in [3.05, 3.63) is 46.2 Å². The molecule has 0 saturated carbocycles. The number of carbonyl (C=O) groups excluding carboxylic acids is 1. The highest BCUT2D eigenvalue weighted by Crippen LogP contribution is 2.30. The number of amides is 2. The third-order valence-electron chi connectivity index (χ3n) is 3.76. The fraction of sp³-hybridized carbons (Fsp3) is 0.353. The van der Waals surface area contributed by atoms with Gasteiger partial charge >= 0.3 is 6.03 Å². The molecule has 1 N–H and O–H groups in total. The quantitative estimate of drug-likeness (QED) is 0.936. The largest absolute Gasteiger partial charge is 0.486 e. The summed E-state index contributed by atoms with van der Waals surface area (Å²) in [5.74, 6) is 1.48. The molecule has 0 aliphatic carbocycles. The van der Waals surface area contributed by atoms with E-state index in [1.807, 2.05) is 36.6 Å². The smallest absolute Gasteiger partial charge is 0.317 e. The third kappa shape index (κ3) is 3.76. The first-order chi connectivity index (χ1) is 11.1. The van der Waals surface area contributed by atoms with E-state index in [2.05, 4.69) is 11.4 Å². The number of nitrogens with zero attached hydrogens (tertiary/aromatic N) is 1. The van der Waals surface area contributed by atoms with Crippen LogP contribution >= 0.6 is 11.3 Å². The lowest BCUT2D eigenvalue weighted by molar-refractivity contribution is 0.0715. The van der Waals surface area contributed by atoms with Gasteiger partial charge in [0.05, 0.1) is 13.1 Å². The summed E-state index contributed by atoms with van der Waals surface area (Å²) in [6.07, 6.45) is -0.163. The van der Waals surface area contributed by atoms with Crippen LogP contribution in [0.2, 0.25) is 0 Å². The minimum Gasteiger partial charge on any atom is -0.486 e. The molecule has 1 aliphatic heterocycles. The molecule has 2 aromatic rings. The lowest BCUT2D eigenvalue weighted by Gasteiger charge is -2.29. The summed E-state index contributed by atoms with van der Waals surface area (Å²) in [5, 5.41) is 4.97. The molecule has 1 aromatic heterocycles. The molecular formula is C17H20N2O3S. The summed E-state index contributed by atoms with van der Waals surface area (Å²) in [6, 6.07) is 9.52. The van der Waals surface area contributed by atoms with Crippen LogP contribution in [0.25, 0.3) is 0 Å². The predicted molar refractivity (Wildman–Crippen MR) is 90.3 cm³/mol. The topological polar surface area (TPSA) is 50.8 Å². The van der Waals surface area contributed by atoms with Gasteiger partial charge in [0.15, 0.2) is 17.6 Å². The molecule has 0 fully saturated rings. The van der Waals surface area contributed by atoms with E-state index < -0.39 is 0 Å². The Kier molecular flexibility index (Phi) is 4.71.